The number of aryl methyl sites for hydroxylation is 1. The van der Waals surface area contributed by atoms with Crippen LogP contribution in [0.2, 0.25) is 0 Å². The fourth-order valence-corrected chi connectivity index (χ4v) is 1.43. The lowest BCUT2D eigenvalue weighted by Crippen LogP contribution is -2.35. The minimum atomic E-state index is -2.95. The number of alkyl halides is 2. The number of carbonyl (C=O) groups is 1. The average Bonchev–Trinajstić information content (AvgIpc) is 2.21. The molecule has 0 heterocycles. The molecular formula is C11H13F2NO. The van der Waals surface area contributed by atoms with Crippen molar-refractivity contribution in [2.45, 2.75) is 20.3 Å². The third-order valence-electron chi connectivity index (χ3n) is 2.18. The Hall–Kier alpha value is -1.45. The maximum absolute atomic E-state index is 12.3. The highest BCUT2D eigenvalue weighted by Gasteiger charge is 2.23. The summed E-state index contributed by atoms with van der Waals surface area (Å²) in [6, 6.07) is 6.99. The average molecular weight is 213 g/mol. The number of nitrogens with zero attached hydrogens (tertiary/aromatic N) is 1. The Labute approximate surface area is 87.5 Å². The number of carbonyl (C=O) groups excluding carboxylic acids is 1. The summed E-state index contributed by atoms with van der Waals surface area (Å²) in [5.41, 5.74) is 1.36. The second-order valence-electron chi connectivity index (χ2n) is 3.17. The van der Waals surface area contributed by atoms with Crippen LogP contribution in [0, 0.1) is 6.92 Å². The van der Waals surface area contributed by atoms with Crippen LogP contribution in [0.15, 0.2) is 24.3 Å². The smallest absolute Gasteiger partial charge is 0.307 e. The molecule has 15 heavy (non-hydrogen) atoms. The van der Waals surface area contributed by atoms with Crippen LogP contribution in [0.4, 0.5) is 14.5 Å². The van der Waals surface area contributed by atoms with Gasteiger partial charge in [0.25, 0.3) is 5.91 Å². The zero-order valence-corrected chi connectivity index (χ0v) is 8.71. The molecule has 1 amide bonds. The molecular weight excluding hydrogens is 200 g/mol. The van der Waals surface area contributed by atoms with Crippen molar-refractivity contribution in [3.8, 4) is 0 Å². The Morgan fingerprint density at radius 2 is 2.00 bits per heavy atom. The highest BCUT2D eigenvalue weighted by molar-refractivity contribution is 5.96. The maximum Gasteiger partial charge on any atom is 0.316 e. The minimum Gasteiger partial charge on any atom is -0.307 e. The first-order valence-electron chi connectivity index (χ1n) is 4.73. The molecule has 0 aliphatic rings. The van der Waals surface area contributed by atoms with Crippen molar-refractivity contribution in [1.82, 2.24) is 0 Å². The van der Waals surface area contributed by atoms with E-state index in [1.807, 2.05) is 0 Å². The predicted octanol–water partition coefficient (Wildman–Crippen LogP) is 2.61. The van der Waals surface area contributed by atoms with Crippen LogP contribution in [-0.4, -0.2) is 18.9 Å². The monoisotopic (exact) mass is 213 g/mol. The fourth-order valence-electron chi connectivity index (χ4n) is 1.43. The number of para-hydroxylation sites is 1. The Morgan fingerprint density at radius 3 is 2.47 bits per heavy atom. The first kappa shape index (κ1) is 11.6. The van der Waals surface area contributed by atoms with Gasteiger partial charge in [0, 0.05) is 12.2 Å². The summed E-state index contributed by atoms with van der Waals surface area (Å²) in [6.45, 7) is 3.71. The molecule has 2 nitrogen and oxygen atoms in total. The molecule has 0 aromatic heterocycles. The number of hydrogen-bond acceptors (Lipinski definition) is 1. The number of amides is 1. The summed E-state index contributed by atoms with van der Waals surface area (Å²) in [7, 11) is 0. The molecule has 0 fully saturated rings. The van der Waals surface area contributed by atoms with Crippen LogP contribution in [-0.2, 0) is 4.79 Å². The Balaban J connectivity index is 3.03. The van der Waals surface area contributed by atoms with E-state index in [0.717, 1.165) is 10.5 Å². The van der Waals surface area contributed by atoms with Gasteiger partial charge in [0.2, 0.25) is 0 Å². The number of anilines is 1. The van der Waals surface area contributed by atoms with Gasteiger partial charge < -0.3 is 4.90 Å². The molecule has 1 aromatic carbocycles. The molecule has 4 heteroatoms. The SMILES string of the molecule is CCN(C(=O)C(F)F)c1ccccc1C. The lowest BCUT2D eigenvalue weighted by Gasteiger charge is -2.22. The fraction of sp³-hybridized carbons (Fsp3) is 0.364. The van der Waals surface area contributed by atoms with E-state index in [9.17, 15) is 13.6 Å². The molecule has 0 spiro atoms. The largest absolute Gasteiger partial charge is 0.316 e. The number of halogens is 2. The van der Waals surface area contributed by atoms with Crippen LogP contribution >= 0.6 is 0 Å². The second kappa shape index (κ2) is 4.87. The summed E-state index contributed by atoms with van der Waals surface area (Å²) in [5.74, 6) is -1.15. The van der Waals surface area contributed by atoms with E-state index < -0.39 is 12.3 Å². The molecule has 0 bridgehead atoms. The summed E-state index contributed by atoms with van der Waals surface area (Å²) < 4.78 is 24.6. The normalized spacial score (nSPS) is 10.5. The van der Waals surface area contributed by atoms with Gasteiger partial charge in [0.1, 0.15) is 0 Å². The van der Waals surface area contributed by atoms with Gasteiger partial charge in [-0.25, -0.2) is 0 Å². The lowest BCUT2D eigenvalue weighted by atomic mass is 10.2. The van der Waals surface area contributed by atoms with Crippen LogP contribution in [0.1, 0.15) is 12.5 Å². The van der Waals surface area contributed by atoms with Gasteiger partial charge in [0.05, 0.1) is 0 Å². The zero-order valence-electron chi connectivity index (χ0n) is 8.71. The van der Waals surface area contributed by atoms with Crippen LogP contribution in [0.3, 0.4) is 0 Å². The van der Waals surface area contributed by atoms with Gasteiger partial charge >= 0.3 is 6.43 Å². The number of hydrogen-bond donors (Lipinski definition) is 0. The Kier molecular flexibility index (Phi) is 3.77. The van der Waals surface area contributed by atoms with Gasteiger partial charge in [-0.1, -0.05) is 18.2 Å². The van der Waals surface area contributed by atoms with E-state index in [0.29, 0.717) is 5.69 Å². The molecule has 1 aromatic rings. The summed E-state index contributed by atoms with van der Waals surface area (Å²) >= 11 is 0. The third-order valence-corrected chi connectivity index (χ3v) is 2.18. The van der Waals surface area contributed by atoms with E-state index in [2.05, 4.69) is 0 Å². The van der Waals surface area contributed by atoms with E-state index >= 15 is 0 Å². The quantitative estimate of drug-likeness (QED) is 0.755. The van der Waals surface area contributed by atoms with Crippen molar-refractivity contribution in [3.05, 3.63) is 29.8 Å². The molecule has 82 valence electrons. The first-order chi connectivity index (χ1) is 7.07. The molecule has 0 aliphatic heterocycles. The van der Waals surface area contributed by atoms with Crippen molar-refractivity contribution in [1.29, 1.82) is 0 Å². The van der Waals surface area contributed by atoms with Crippen molar-refractivity contribution < 1.29 is 13.6 Å². The number of rotatable bonds is 3. The van der Waals surface area contributed by atoms with E-state index in [-0.39, 0.29) is 6.54 Å². The van der Waals surface area contributed by atoms with Crippen LogP contribution < -0.4 is 4.90 Å². The van der Waals surface area contributed by atoms with Gasteiger partial charge in [0.15, 0.2) is 0 Å². The Bertz CT molecular complexity index is 352. The molecule has 0 saturated carbocycles. The standard InChI is InChI=1S/C11H13F2NO/c1-3-14(11(15)10(12)13)9-7-5-4-6-8(9)2/h4-7,10H,3H2,1-2H3. The van der Waals surface area contributed by atoms with Gasteiger partial charge in [-0.2, -0.15) is 8.78 Å². The van der Waals surface area contributed by atoms with E-state index in [4.69, 9.17) is 0 Å². The molecule has 0 aliphatic carbocycles. The molecule has 0 radical (unpaired) electrons. The number of benzene rings is 1. The van der Waals surface area contributed by atoms with Crippen molar-refractivity contribution in [2.24, 2.45) is 0 Å². The minimum absolute atomic E-state index is 0.244. The topological polar surface area (TPSA) is 20.3 Å². The summed E-state index contributed by atoms with van der Waals surface area (Å²) in [4.78, 5) is 12.3. The first-order valence-corrected chi connectivity index (χ1v) is 4.73. The van der Waals surface area contributed by atoms with Gasteiger partial charge in [-0.05, 0) is 25.5 Å². The summed E-state index contributed by atoms with van der Waals surface area (Å²) in [6.07, 6.45) is -2.95. The molecule has 0 N–H and O–H groups in total. The maximum atomic E-state index is 12.3. The van der Waals surface area contributed by atoms with E-state index in [1.165, 1.54) is 0 Å². The highest BCUT2D eigenvalue weighted by Crippen LogP contribution is 2.20. The predicted molar refractivity (Wildman–Crippen MR) is 55.2 cm³/mol. The third kappa shape index (κ3) is 2.52. The van der Waals surface area contributed by atoms with Crippen molar-refractivity contribution in [3.63, 3.8) is 0 Å². The van der Waals surface area contributed by atoms with Gasteiger partial charge in [-0.3, -0.25) is 4.79 Å². The molecule has 1 rings (SSSR count). The zero-order chi connectivity index (χ0) is 11.4. The van der Waals surface area contributed by atoms with Crippen LogP contribution in [0.25, 0.3) is 0 Å². The summed E-state index contributed by atoms with van der Waals surface area (Å²) in [5, 5.41) is 0. The second-order valence-corrected chi connectivity index (χ2v) is 3.17. The lowest BCUT2D eigenvalue weighted by molar-refractivity contribution is -0.128. The molecule has 0 unspecified atom stereocenters. The van der Waals surface area contributed by atoms with Crippen molar-refractivity contribution in [2.75, 3.05) is 11.4 Å². The van der Waals surface area contributed by atoms with Gasteiger partial charge in [-0.15, -0.1) is 0 Å². The molecule has 0 atom stereocenters. The highest BCUT2D eigenvalue weighted by atomic mass is 19.3. The Morgan fingerprint density at radius 1 is 1.40 bits per heavy atom. The van der Waals surface area contributed by atoms with E-state index in [1.54, 1.807) is 38.1 Å². The van der Waals surface area contributed by atoms with Crippen molar-refractivity contribution >= 4 is 11.6 Å². The van der Waals surface area contributed by atoms with Crippen LogP contribution in [0.5, 0.6) is 0 Å². The molecule has 0 saturated heterocycles.